The molecule has 25 heavy (non-hydrogen) atoms. The number of nitrogens with zero attached hydrogens (tertiary/aromatic N) is 3. The molecule has 0 saturated carbocycles. The summed E-state index contributed by atoms with van der Waals surface area (Å²) in [6, 6.07) is 7.79. The molecule has 6 nitrogen and oxygen atoms in total. The third kappa shape index (κ3) is 3.17. The summed E-state index contributed by atoms with van der Waals surface area (Å²) in [7, 11) is 0. The first-order valence-corrected chi connectivity index (χ1v) is 9.31. The van der Waals surface area contributed by atoms with Gasteiger partial charge in [0.25, 0.3) is 0 Å². The van der Waals surface area contributed by atoms with Crippen molar-refractivity contribution in [1.82, 2.24) is 9.80 Å². The molecule has 1 unspecified atom stereocenters. The number of rotatable bonds is 1. The van der Waals surface area contributed by atoms with Crippen LogP contribution in [0.2, 0.25) is 0 Å². The number of ether oxygens (including phenoxy) is 1. The lowest BCUT2D eigenvalue weighted by molar-refractivity contribution is -0.124. The second-order valence-electron chi connectivity index (χ2n) is 7.07. The zero-order valence-electron chi connectivity index (χ0n) is 14.5. The number of hydrogen-bond acceptors (Lipinski definition) is 3. The Hall–Kier alpha value is -2.24. The van der Waals surface area contributed by atoms with E-state index in [0.717, 1.165) is 56.8 Å². The molecule has 3 heterocycles. The van der Waals surface area contributed by atoms with E-state index < -0.39 is 0 Å². The zero-order chi connectivity index (χ0) is 17.2. The lowest BCUT2D eigenvalue weighted by Crippen LogP contribution is -2.51. The van der Waals surface area contributed by atoms with Gasteiger partial charge in [-0.2, -0.15) is 0 Å². The molecule has 2 saturated heterocycles. The molecular weight excluding hydrogens is 318 g/mol. The molecular formula is C19H25N3O3. The average molecular weight is 343 g/mol. The molecule has 4 rings (SSSR count). The highest BCUT2D eigenvalue weighted by Crippen LogP contribution is 2.33. The van der Waals surface area contributed by atoms with E-state index in [4.69, 9.17) is 4.74 Å². The van der Waals surface area contributed by atoms with Crippen LogP contribution in [-0.4, -0.2) is 61.1 Å². The summed E-state index contributed by atoms with van der Waals surface area (Å²) >= 11 is 0. The number of carbonyl (C=O) groups excluding carboxylic acids is 2. The van der Waals surface area contributed by atoms with E-state index in [1.165, 1.54) is 0 Å². The van der Waals surface area contributed by atoms with Crippen molar-refractivity contribution < 1.29 is 14.3 Å². The van der Waals surface area contributed by atoms with Gasteiger partial charge < -0.3 is 19.4 Å². The number of fused-ring (bicyclic) bond motifs is 1. The molecule has 0 aliphatic carbocycles. The lowest BCUT2D eigenvalue weighted by Gasteiger charge is -2.38. The summed E-state index contributed by atoms with van der Waals surface area (Å²) in [6.07, 6.45) is 3.92. The first-order chi connectivity index (χ1) is 12.2. The number of urea groups is 1. The van der Waals surface area contributed by atoms with Gasteiger partial charge in [-0.25, -0.2) is 4.79 Å². The Morgan fingerprint density at radius 2 is 1.72 bits per heavy atom. The average Bonchev–Trinajstić information content (AvgIpc) is 3.21. The van der Waals surface area contributed by atoms with Crippen molar-refractivity contribution in [3.8, 4) is 5.75 Å². The summed E-state index contributed by atoms with van der Waals surface area (Å²) < 4.78 is 5.65. The lowest BCUT2D eigenvalue weighted by atomic mass is 9.96. The summed E-state index contributed by atoms with van der Waals surface area (Å²) in [6.45, 7) is 4.10. The SMILES string of the molecule is O=C(N1CCCC1)N1CCCC(C(=O)N2CCOc3ccccc32)C1. The summed E-state index contributed by atoms with van der Waals surface area (Å²) in [5.74, 6) is 0.768. The fraction of sp³-hybridized carbons (Fsp3) is 0.579. The molecule has 0 spiro atoms. The summed E-state index contributed by atoms with van der Waals surface area (Å²) in [5, 5.41) is 0. The van der Waals surface area contributed by atoms with E-state index in [2.05, 4.69) is 0 Å². The highest BCUT2D eigenvalue weighted by Gasteiger charge is 2.35. The van der Waals surface area contributed by atoms with E-state index in [1.54, 1.807) is 0 Å². The van der Waals surface area contributed by atoms with Crippen LogP contribution in [0.4, 0.5) is 10.5 Å². The Bertz CT molecular complexity index is 657. The molecule has 0 bridgehead atoms. The predicted octanol–water partition coefficient (Wildman–Crippen LogP) is 2.34. The summed E-state index contributed by atoms with van der Waals surface area (Å²) in [5.41, 5.74) is 0.849. The molecule has 3 amide bonds. The van der Waals surface area contributed by atoms with Crippen LogP contribution in [0, 0.1) is 5.92 Å². The number of piperidine rings is 1. The minimum absolute atomic E-state index is 0.109. The predicted molar refractivity (Wildman–Crippen MR) is 94.8 cm³/mol. The molecule has 1 atom stereocenters. The van der Waals surface area contributed by atoms with Gasteiger partial charge in [-0.05, 0) is 37.8 Å². The van der Waals surface area contributed by atoms with Crippen molar-refractivity contribution in [2.75, 3.05) is 44.2 Å². The smallest absolute Gasteiger partial charge is 0.320 e. The Labute approximate surface area is 148 Å². The standard InChI is InChI=1S/C19H25N3O3/c23-18(22-12-13-25-17-8-2-1-7-16(17)22)15-6-5-11-21(14-15)19(24)20-9-3-4-10-20/h1-2,7-8,15H,3-6,9-14H2. The van der Waals surface area contributed by atoms with Gasteiger partial charge in [0.1, 0.15) is 12.4 Å². The van der Waals surface area contributed by atoms with Gasteiger partial charge in [-0.3, -0.25) is 4.79 Å². The largest absolute Gasteiger partial charge is 0.490 e. The van der Waals surface area contributed by atoms with E-state index in [-0.39, 0.29) is 17.9 Å². The molecule has 3 aliphatic rings. The van der Waals surface area contributed by atoms with Crippen molar-refractivity contribution >= 4 is 17.6 Å². The van der Waals surface area contributed by atoms with E-state index >= 15 is 0 Å². The number of hydrogen-bond donors (Lipinski definition) is 0. The minimum atomic E-state index is -0.119. The van der Waals surface area contributed by atoms with Crippen LogP contribution in [0.3, 0.4) is 0 Å². The molecule has 0 N–H and O–H groups in total. The number of anilines is 1. The van der Waals surface area contributed by atoms with Crippen molar-refractivity contribution in [1.29, 1.82) is 0 Å². The van der Waals surface area contributed by atoms with Crippen LogP contribution in [0.25, 0.3) is 0 Å². The highest BCUT2D eigenvalue weighted by molar-refractivity contribution is 5.97. The molecule has 1 aromatic carbocycles. The van der Waals surface area contributed by atoms with E-state index in [0.29, 0.717) is 19.7 Å². The third-order valence-corrected chi connectivity index (χ3v) is 5.41. The van der Waals surface area contributed by atoms with Gasteiger partial charge in [-0.1, -0.05) is 12.1 Å². The molecule has 6 heteroatoms. The second kappa shape index (κ2) is 6.94. The third-order valence-electron chi connectivity index (χ3n) is 5.41. The second-order valence-corrected chi connectivity index (χ2v) is 7.07. The molecule has 0 radical (unpaired) electrons. The van der Waals surface area contributed by atoms with Crippen LogP contribution >= 0.6 is 0 Å². The van der Waals surface area contributed by atoms with Crippen LogP contribution in [0.1, 0.15) is 25.7 Å². The number of likely N-dealkylation sites (tertiary alicyclic amines) is 2. The van der Waals surface area contributed by atoms with Crippen molar-refractivity contribution in [3.63, 3.8) is 0 Å². The Morgan fingerprint density at radius 1 is 0.960 bits per heavy atom. The maximum absolute atomic E-state index is 13.1. The quantitative estimate of drug-likeness (QED) is 0.786. The van der Waals surface area contributed by atoms with Crippen LogP contribution in [0.15, 0.2) is 24.3 Å². The Morgan fingerprint density at radius 3 is 2.56 bits per heavy atom. The highest BCUT2D eigenvalue weighted by atomic mass is 16.5. The van der Waals surface area contributed by atoms with Crippen molar-refractivity contribution in [2.24, 2.45) is 5.92 Å². The normalized spacial score (nSPS) is 23.2. The minimum Gasteiger partial charge on any atom is -0.490 e. The van der Waals surface area contributed by atoms with Gasteiger partial charge in [0.05, 0.1) is 18.2 Å². The van der Waals surface area contributed by atoms with E-state index in [1.807, 2.05) is 39.0 Å². The molecule has 2 fully saturated rings. The van der Waals surface area contributed by atoms with Gasteiger partial charge in [-0.15, -0.1) is 0 Å². The van der Waals surface area contributed by atoms with Crippen LogP contribution in [-0.2, 0) is 4.79 Å². The first-order valence-electron chi connectivity index (χ1n) is 9.31. The molecule has 1 aromatic rings. The number of amides is 3. The van der Waals surface area contributed by atoms with Crippen LogP contribution in [0.5, 0.6) is 5.75 Å². The van der Waals surface area contributed by atoms with Gasteiger partial charge in [0, 0.05) is 26.2 Å². The fourth-order valence-electron chi connectivity index (χ4n) is 4.08. The number of carbonyl (C=O) groups is 2. The van der Waals surface area contributed by atoms with Crippen molar-refractivity contribution in [2.45, 2.75) is 25.7 Å². The Balaban J connectivity index is 1.46. The molecule has 134 valence electrons. The number of para-hydroxylation sites is 2. The monoisotopic (exact) mass is 343 g/mol. The first kappa shape index (κ1) is 16.2. The van der Waals surface area contributed by atoms with Crippen LogP contribution < -0.4 is 9.64 Å². The van der Waals surface area contributed by atoms with Gasteiger partial charge >= 0.3 is 6.03 Å². The Kier molecular flexibility index (Phi) is 4.51. The summed E-state index contributed by atoms with van der Waals surface area (Å²) in [4.78, 5) is 31.4. The maximum Gasteiger partial charge on any atom is 0.320 e. The van der Waals surface area contributed by atoms with Gasteiger partial charge in [0.15, 0.2) is 0 Å². The molecule has 0 aromatic heterocycles. The van der Waals surface area contributed by atoms with Gasteiger partial charge in [0.2, 0.25) is 5.91 Å². The topological polar surface area (TPSA) is 53.1 Å². The van der Waals surface area contributed by atoms with E-state index in [9.17, 15) is 9.59 Å². The zero-order valence-corrected chi connectivity index (χ0v) is 14.5. The maximum atomic E-state index is 13.1. The molecule has 3 aliphatic heterocycles. The fourth-order valence-corrected chi connectivity index (χ4v) is 4.08. The number of benzene rings is 1. The van der Waals surface area contributed by atoms with Crippen molar-refractivity contribution in [3.05, 3.63) is 24.3 Å².